The molecule has 0 spiro atoms. The maximum absolute atomic E-state index is 12.4. The minimum atomic E-state index is -4.61. The lowest BCUT2D eigenvalue weighted by atomic mass is 10.0. The van der Waals surface area contributed by atoms with Gasteiger partial charge in [0.05, 0.1) is 0 Å². The van der Waals surface area contributed by atoms with Gasteiger partial charge >= 0.3 is 6.18 Å². The van der Waals surface area contributed by atoms with Crippen LogP contribution in [0, 0.1) is 0 Å². The zero-order chi connectivity index (χ0) is 11.0. The van der Waals surface area contributed by atoms with E-state index in [1.807, 2.05) is 0 Å². The third kappa shape index (κ3) is 1.72. The normalized spacial score (nSPS) is 16.7. The third-order valence-electron chi connectivity index (χ3n) is 1.82. The van der Waals surface area contributed by atoms with Crippen molar-refractivity contribution in [3.8, 4) is 0 Å². The molecule has 0 aromatic carbocycles. The van der Waals surface area contributed by atoms with E-state index in [-0.39, 0.29) is 5.82 Å². The van der Waals surface area contributed by atoms with Crippen molar-refractivity contribution < 1.29 is 17.7 Å². The Kier molecular flexibility index (Phi) is 2.53. The quantitative estimate of drug-likeness (QED) is 0.798. The Bertz CT molecular complexity index is 318. The number of halogens is 3. The molecule has 0 bridgehead atoms. The summed E-state index contributed by atoms with van der Waals surface area (Å²) in [5.74, 6) is -0.400. The Morgan fingerprint density at radius 2 is 2.00 bits per heavy atom. The summed E-state index contributed by atoms with van der Waals surface area (Å²) in [6.07, 6.45) is -4.21. The van der Waals surface area contributed by atoms with Crippen LogP contribution in [0.2, 0.25) is 0 Å². The molecule has 14 heavy (non-hydrogen) atoms. The van der Waals surface area contributed by atoms with Gasteiger partial charge in [-0.2, -0.15) is 18.2 Å². The average Bonchev–Trinajstić information content (AvgIpc) is 2.49. The molecular weight excluding hydrogens is 199 g/mol. The second kappa shape index (κ2) is 3.23. The Morgan fingerprint density at radius 3 is 2.36 bits per heavy atom. The molecule has 1 atom stereocenters. The van der Waals surface area contributed by atoms with Gasteiger partial charge in [-0.05, 0) is 6.92 Å². The molecule has 1 unspecified atom stereocenters. The molecule has 0 saturated heterocycles. The molecule has 7 heteroatoms. The maximum atomic E-state index is 12.4. The summed E-state index contributed by atoms with van der Waals surface area (Å²) in [4.78, 5) is 3.54. The summed E-state index contributed by atoms with van der Waals surface area (Å²) in [5, 5.41) is 3.35. The summed E-state index contributed by atoms with van der Waals surface area (Å²) in [5.41, 5.74) is 2.47. The fourth-order valence-corrected chi connectivity index (χ4v) is 0.730. The maximum Gasteiger partial charge on any atom is 0.415 e. The first-order chi connectivity index (χ1) is 6.29. The molecule has 2 N–H and O–H groups in total. The highest BCUT2D eigenvalue weighted by Crippen LogP contribution is 2.35. The van der Waals surface area contributed by atoms with Crippen LogP contribution in [0.1, 0.15) is 25.6 Å². The van der Waals surface area contributed by atoms with Gasteiger partial charge in [-0.25, -0.2) is 0 Å². The van der Waals surface area contributed by atoms with Gasteiger partial charge in [0, 0.05) is 6.42 Å². The van der Waals surface area contributed by atoms with Crippen LogP contribution in [0.25, 0.3) is 0 Å². The molecule has 0 amide bonds. The number of hydrogen-bond acceptors (Lipinski definition) is 4. The molecule has 1 rings (SSSR count). The van der Waals surface area contributed by atoms with E-state index in [9.17, 15) is 13.2 Å². The third-order valence-corrected chi connectivity index (χ3v) is 1.82. The lowest BCUT2D eigenvalue weighted by molar-refractivity contribution is -0.190. The van der Waals surface area contributed by atoms with Crippen LogP contribution in [0.5, 0.6) is 0 Å². The number of rotatable bonds is 2. The summed E-state index contributed by atoms with van der Waals surface area (Å²) >= 11 is 0. The van der Waals surface area contributed by atoms with Crippen molar-refractivity contribution in [2.24, 2.45) is 5.73 Å². The highest BCUT2D eigenvalue weighted by molar-refractivity contribution is 5.03. The van der Waals surface area contributed by atoms with E-state index >= 15 is 0 Å². The minimum Gasteiger partial charge on any atom is -0.337 e. The molecule has 0 aliphatic rings. The number of aromatic nitrogens is 2. The van der Waals surface area contributed by atoms with E-state index in [1.165, 1.54) is 0 Å². The molecule has 1 aromatic heterocycles. The largest absolute Gasteiger partial charge is 0.415 e. The molecule has 4 nitrogen and oxygen atoms in total. The first kappa shape index (κ1) is 11.0. The molecule has 0 saturated carbocycles. The van der Waals surface area contributed by atoms with Crippen LogP contribution in [0.3, 0.4) is 0 Å². The van der Waals surface area contributed by atoms with Crippen LogP contribution < -0.4 is 5.73 Å². The van der Waals surface area contributed by atoms with Crippen LogP contribution in [-0.4, -0.2) is 16.3 Å². The standard InChI is InChI=1S/C7H10F3N3O/c1-3-4-12-5(14-13-4)6(2,11)7(8,9)10/h3,11H2,1-2H3. The lowest BCUT2D eigenvalue weighted by Gasteiger charge is -2.22. The Hall–Kier alpha value is -1.11. The van der Waals surface area contributed by atoms with Crippen molar-refractivity contribution in [3.63, 3.8) is 0 Å². The number of nitrogens with zero attached hydrogens (tertiary/aromatic N) is 2. The molecule has 0 aliphatic heterocycles. The van der Waals surface area contributed by atoms with Crippen molar-refractivity contribution in [1.29, 1.82) is 0 Å². The van der Waals surface area contributed by atoms with E-state index in [0.29, 0.717) is 6.42 Å². The monoisotopic (exact) mass is 209 g/mol. The molecule has 0 aliphatic carbocycles. The Labute approximate surface area is 78.3 Å². The Balaban J connectivity index is 3.04. The van der Waals surface area contributed by atoms with Gasteiger partial charge in [0.2, 0.25) is 0 Å². The minimum absolute atomic E-state index is 0.209. The fourth-order valence-electron chi connectivity index (χ4n) is 0.730. The molecular formula is C7H10F3N3O. The van der Waals surface area contributed by atoms with Crippen LogP contribution in [-0.2, 0) is 12.0 Å². The zero-order valence-corrected chi connectivity index (χ0v) is 7.72. The predicted molar refractivity (Wildman–Crippen MR) is 41.3 cm³/mol. The van der Waals surface area contributed by atoms with Crippen LogP contribution >= 0.6 is 0 Å². The van der Waals surface area contributed by atoms with Crippen LogP contribution in [0.4, 0.5) is 13.2 Å². The second-order valence-corrected chi connectivity index (χ2v) is 3.07. The van der Waals surface area contributed by atoms with Crippen molar-refractivity contribution in [2.45, 2.75) is 32.0 Å². The summed E-state index contributed by atoms with van der Waals surface area (Å²) < 4.78 is 41.6. The van der Waals surface area contributed by atoms with Crippen molar-refractivity contribution >= 4 is 0 Å². The summed E-state index contributed by atoms with van der Waals surface area (Å²) in [6.45, 7) is 2.50. The van der Waals surface area contributed by atoms with E-state index in [4.69, 9.17) is 5.73 Å². The first-order valence-electron chi connectivity index (χ1n) is 3.97. The Morgan fingerprint density at radius 1 is 1.43 bits per heavy atom. The van der Waals surface area contributed by atoms with Gasteiger partial charge < -0.3 is 10.3 Å². The van der Waals surface area contributed by atoms with Crippen molar-refractivity contribution in [2.75, 3.05) is 0 Å². The summed E-state index contributed by atoms with van der Waals surface area (Å²) in [7, 11) is 0. The number of alkyl halides is 3. The molecule has 1 heterocycles. The first-order valence-corrected chi connectivity index (χ1v) is 3.97. The van der Waals surface area contributed by atoms with Gasteiger partial charge in [0.15, 0.2) is 11.4 Å². The summed E-state index contributed by atoms with van der Waals surface area (Å²) in [6, 6.07) is 0. The van der Waals surface area contributed by atoms with Crippen molar-refractivity contribution in [1.82, 2.24) is 10.1 Å². The van der Waals surface area contributed by atoms with Gasteiger partial charge in [0.1, 0.15) is 0 Å². The molecule has 80 valence electrons. The number of hydrogen-bond donors (Lipinski definition) is 1. The van der Waals surface area contributed by atoms with Gasteiger partial charge in [-0.3, -0.25) is 0 Å². The SMILES string of the molecule is CCc1noc(C(C)(N)C(F)(F)F)n1. The van der Waals surface area contributed by atoms with Gasteiger partial charge in [-0.1, -0.05) is 12.1 Å². The lowest BCUT2D eigenvalue weighted by Crippen LogP contribution is -2.48. The molecule has 1 aromatic rings. The molecule has 0 radical (unpaired) electrons. The van der Waals surface area contributed by atoms with Gasteiger partial charge in [-0.15, -0.1) is 0 Å². The zero-order valence-electron chi connectivity index (χ0n) is 7.72. The molecule has 0 fully saturated rings. The highest BCUT2D eigenvalue weighted by atomic mass is 19.4. The van der Waals surface area contributed by atoms with Crippen LogP contribution in [0.15, 0.2) is 4.52 Å². The van der Waals surface area contributed by atoms with E-state index in [2.05, 4.69) is 14.7 Å². The fraction of sp³-hybridized carbons (Fsp3) is 0.714. The second-order valence-electron chi connectivity index (χ2n) is 3.07. The predicted octanol–water partition coefficient (Wildman–Crippen LogP) is 1.37. The average molecular weight is 209 g/mol. The van der Waals surface area contributed by atoms with E-state index in [0.717, 1.165) is 6.92 Å². The number of aryl methyl sites for hydroxylation is 1. The van der Waals surface area contributed by atoms with Crippen molar-refractivity contribution in [3.05, 3.63) is 11.7 Å². The van der Waals surface area contributed by atoms with Gasteiger partial charge in [0.25, 0.3) is 5.89 Å². The van der Waals surface area contributed by atoms with E-state index in [1.54, 1.807) is 6.92 Å². The smallest absolute Gasteiger partial charge is 0.337 e. The topological polar surface area (TPSA) is 64.9 Å². The highest BCUT2D eigenvalue weighted by Gasteiger charge is 2.53. The number of nitrogens with two attached hydrogens (primary N) is 1. The van der Waals surface area contributed by atoms with E-state index < -0.39 is 17.6 Å².